The molecule has 4 nitrogen and oxygen atoms in total. The lowest BCUT2D eigenvalue weighted by Gasteiger charge is -2.39. The summed E-state index contributed by atoms with van der Waals surface area (Å²) >= 11 is 1.75. The summed E-state index contributed by atoms with van der Waals surface area (Å²) in [5.74, 6) is 0.260. The smallest absolute Gasteiger partial charge is 0.162 e. The first-order valence-corrected chi connectivity index (χ1v) is 10.3. The number of ketones is 1. The number of nitrogens with one attached hydrogen (secondary N) is 1. The number of thiophene rings is 1. The number of carbonyl (C=O) groups excluding carboxylic acids is 1. The lowest BCUT2D eigenvalue weighted by atomic mass is 9.69. The number of aryl methyl sites for hydroxylation is 2. The van der Waals surface area contributed by atoms with Gasteiger partial charge in [0.1, 0.15) is 0 Å². The minimum Gasteiger partial charge on any atom is -0.358 e. The molecule has 2 aromatic heterocycles. The van der Waals surface area contributed by atoms with E-state index in [0.29, 0.717) is 6.42 Å². The number of carbonyl (C=O) groups is 1. The Morgan fingerprint density at radius 3 is 2.81 bits per heavy atom. The maximum Gasteiger partial charge on any atom is 0.162 e. The monoisotopic (exact) mass is 377 g/mol. The molecule has 0 bridgehead atoms. The molecule has 0 fully saturated rings. The number of benzene rings is 1. The zero-order valence-corrected chi connectivity index (χ0v) is 16.9. The van der Waals surface area contributed by atoms with E-state index in [9.17, 15) is 4.79 Å². The molecular formula is C22H23N3OS. The van der Waals surface area contributed by atoms with Gasteiger partial charge in [0.2, 0.25) is 0 Å². The number of Topliss-reactive ketones (excluding diaryl/α,β-unsaturated/α-hetero) is 1. The second kappa shape index (κ2) is 5.55. The largest absolute Gasteiger partial charge is 0.358 e. The summed E-state index contributed by atoms with van der Waals surface area (Å²) in [5.41, 5.74) is 6.71. The van der Waals surface area contributed by atoms with Crippen LogP contribution in [0.4, 0.5) is 5.69 Å². The van der Waals surface area contributed by atoms with Crippen LogP contribution in [-0.2, 0) is 11.8 Å². The maximum absolute atomic E-state index is 13.3. The molecule has 1 aliphatic heterocycles. The zero-order valence-electron chi connectivity index (χ0n) is 16.1. The molecule has 1 atom stereocenters. The van der Waals surface area contributed by atoms with Crippen LogP contribution in [0.2, 0.25) is 0 Å². The van der Waals surface area contributed by atoms with Crippen LogP contribution < -0.4 is 5.32 Å². The van der Waals surface area contributed by atoms with Crippen molar-refractivity contribution < 1.29 is 4.79 Å². The van der Waals surface area contributed by atoms with Crippen molar-refractivity contribution in [3.05, 3.63) is 57.1 Å². The fourth-order valence-corrected chi connectivity index (χ4v) is 5.77. The molecule has 1 aliphatic carbocycles. The van der Waals surface area contributed by atoms with Gasteiger partial charge in [-0.05, 0) is 47.9 Å². The Morgan fingerprint density at radius 1 is 1.26 bits per heavy atom. The maximum atomic E-state index is 13.3. The molecule has 5 heteroatoms. The lowest BCUT2D eigenvalue weighted by molar-refractivity contribution is -0.118. The second-order valence-corrected chi connectivity index (χ2v) is 9.54. The van der Waals surface area contributed by atoms with Crippen molar-refractivity contribution in [3.8, 4) is 0 Å². The number of fused-ring (bicyclic) bond motifs is 3. The van der Waals surface area contributed by atoms with Gasteiger partial charge in [0.05, 0.1) is 17.6 Å². The molecule has 3 aromatic rings. The van der Waals surface area contributed by atoms with Crippen molar-refractivity contribution >= 4 is 33.7 Å². The number of anilines is 1. The van der Waals surface area contributed by atoms with Crippen molar-refractivity contribution in [3.63, 3.8) is 0 Å². The molecule has 1 N–H and O–H groups in total. The summed E-state index contributed by atoms with van der Waals surface area (Å²) in [4.78, 5) is 14.6. The van der Waals surface area contributed by atoms with E-state index in [1.54, 1.807) is 11.3 Å². The van der Waals surface area contributed by atoms with E-state index in [4.69, 9.17) is 0 Å². The van der Waals surface area contributed by atoms with Gasteiger partial charge in [-0.3, -0.25) is 9.48 Å². The van der Waals surface area contributed by atoms with E-state index < -0.39 is 0 Å². The van der Waals surface area contributed by atoms with Gasteiger partial charge in [0.15, 0.2) is 5.78 Å². The summed E-state index contributed by atoms with van der Waals surface area (Å²) < 4.78 is 1.94. The molecule has 0 radical (unpaired) electrons. The van der Waals surface area contributed by atoms with Crippen LogP contribution >= 0.6 is 11.3 Å². The Labute approximate surface area is 162 Å². The highest BCUT2D eigenvalue weighted by Crippen LogP contribution is 2.52. The number of rotatable bonds is 1. The molecule has 3 heterocycles. The summed E-state index contributed by atoms with van der Waals surface area (Å²) in [7, 11) is 1.98. The van der Waals surface area contributed by atoms with Gasteiger partial charge in [-0.25, -0.2) is 0 Å². The van der Waals surface area contributed by atoms with Crippen LogP contribution in [0.3, 0.4) is 0 Å². The van der Waals surface area contributed by atoms with Gasteiger partial charge < -0.3 is 5.32 Å². The average Bonchev–Trinajstić information content (AvgIpc) is 3.18. The SMILES string of the molecule is Cc1ccsc1C1C2=C(CC(C)(C)CC2=O)Nc2ccc3cnn(C)c3c21. The first kappa shape index (κ1) is 16.8. The second-order valence-electron chi connectivity index (χ2n) is 8.59. The highest BCUT2D eigenvalue weighted by molar-refractivity contribution is 7.10. The molecule has 0 amide bonds. The first-order chi connectivity index (χ1) is 12.9. The molecule has 5 rings (SSSR count). The minimum absolute atomic E-state index is 0.00784. The third-order valence-electron chi connectivity index (χ3n) is 5.89. The lowest BCUT2D eigenvalue weighted by Crippen LogP contribution is -2.34. The predicted molar refractivity (Wildman–Crippen MR) is 110 cm³/mol. The van der Waals surface area contributed by atoms with Crippen LogP contribution in [0.25, 0.3) is 10.9 Å². The molecule has 27 heavy (non-hydrogen) atoms. The Bertz CT molecular complexity index is 1130. The van der Waals surface area contributed by atoms with Gasteiger partial charge in [0, 0.05) is 46.3 Å². The summed E-state index contributed by atoms with van der Waals surface area (Å²) in [6, 6.07) is 6.42. The fraction of sp³-hybridized carbons (Fsp3) is 0.364. The summed E-state index contributed by atoms with van der Waals surface area (Å²) in [5, 5.41) is 11.4. The molecule has 1 unspecified atom stereocenters. The summed E-state index contributed by atoms with van der Waals surface area (Å²) in [6.45, 7) is 6.51. The Balaban J connectivity index is 1.85. The van der Waals surface area contributed by atoms with Gasteiger partial charge in [0.25, 0.3) is 0 Å². The third kappa shape index (κ3) is 2.41. The van der Waals surface area contributed by atoms with Crippen molar-refractivity contribution in [1.82, 2.24) is 9.78 Å². The predicted octanol–water partition coefficient (Wildman–Crippen LogP) is 5.14. The Morgan fingerprint density at radius 2 is 2.07 bits per heavy atom. The van der Waals surface area contributed by atoms with E-state index in [0.717, 1.165) is 34.3 Å². The molecule has 0 spiro atoms. The standard InChI is InChI=1S/C22H23N3OS/c1-12-7-8-27-21(12)19-17-15(9-22(2,3)10-16(17)26)24-14-6-5-13-11-23-25(4)20(13)18(14)19/h5-8,11,19,24H,9-10H2,1-4H3. The topological polar surface area (TPSA) is 46.9 Å². The van der Waals surface area contributed by atoms with Crippen molar-refractivity contribution in [2.45, 2.75) is 39.5 Å². The van der Waals surface area contributed by atoms with Crippen molar-refractivity contribution in [1.29, 1.82) is 0 Å². The number of hydrogen-bond donors (Lipinski definition) is 1. The van der Waals surface area contributed by atoms with Crippen molar-refractivity contribution in [2.24, 2.45) is 12.5 Å². The number of aromatic nitrogens is 2. The van der Waals surface area contributed by atoms with E-state index in [2.05, 4.69) is 54.8 Å². The third-order valence-corrected chi connectivity index (χ3v) is 6.97. The molecule has 0 saturated heterocycles. The molecule has 1 aromatic carbocycles. The highest BCUT2D eigenvalue weighted by Gasteiger charge is 2.42. The normalized spacial score (nSPS) is 21.2. The number of hydrogen-bond acceptors (Lipinski definition) is 4. The van der Waals surface area contributed by atoms with Crippen molar-refractivity contribution in [2.75, 3.05) is 5.32 Å². The average molecular weight is 378 g/mol. The zero-order chi connectivity index (χ0) is 18.9. The summed E-state index contributed by atoms with van der Waals surface area (Å²) in [6.07, 6.45) is 3.41. The quantitative estimate of drug-likeness (QED) is 0.638. The van der Waals surface area contributed by atoms with Crippen LogP contribution in [0.1, 0.15) is 48.6 Å². The van der Waals surface area contributed by atoms with Gasteiger partial charge >= 0.3 is 0 Å². The van der Waals surface area contributed by atoms with Crippen LogP contribution in [-0.4, -0.2) is 15.6 Å². The van der Waals surface area contributed by atoms with Crippen LogP contribution in [0.5, 0.6) is 0 Å². The Hall–Kier alpha value is -2.40. The van der Waals surface area contributed by atoms with Gasteiger partial charge in [-0.1, -0.05) is 13.8 Å². The molecule has 0 saturated carbocycles. The fourth-order valence-electron chi connectivity index (χ4n) is 4.73. The van der Waals surface area contributed by atoms with E-state index in [1.807, 2.05) is 17.9 Å². The van der Waals surface area contributed by atoms with Crippen LogP contribution in [0.15, 0.2) is 41.0 Å². The molecule has 2 aliphatic rings. The van der Waals surface area contributed by atoms with Gasteiger partial charge in [-0.15, -0.1) is 11.3 Å². The Kier molecular flexibility index (Phi) is 3.44. The van der Waals surface area contributed by atoms with E-state index in [-0.39, 0.29) is 17.1 Å². The molecule has 138 valence electrons. The number of allylic oxidation sites excluding steroid dienone is 2. The minimum atomic E-state index is -0.0149. The van der Waals surface area contributed by atoms with E-state index >= 15 is 0 Å². The van der Waals surface area contributed by atoms with Gasteiger partial charge in [-0.2, -0.15) is 5.10 Å². The van der Waals surface area contributed by atoms with E-state index in [1.165, 1.54) is 16.0 Å². The van der Waals surface area contributed by atoms with Crippen LogP contribution in [0, 0.1) is 12.3 Å². The molecular weight excluding hydrogens is 354 g/mol. The number of nitrogens with zero attached hydrogens (tertiary/aromatic N) is 2. The highest BCUT2D eigenvalue weighted by atomic mass is 32.1. The first-order valence-electron chi connectivity index (χ1n) is 9.37.